The second-order valence-electron chi connectivity index (χ2n) is 10.1. The minimum Gasteiger partial charge on any atom is -0.326 e. The highest BCUT2D eigenvalue weighted by Gasteiger charge is 2.29. The Labute approximate surface area is 278 Å². The summed E-state index contributed by atoms with van der Waals surface area (Å²) in [6, 6.07) is 24.2. The molecule has 0 bridgehead atoms. The fourth-order valence-electron chi connectivity index (χ4n) is 4.52. The van der Waals surface area contributed by atoms with Gasteiger partial charge in [-0.05, 0) is 71.3 Å². The van der Waals surface area contributed by atoms with Gasteiger partial charge in [-0.1, -0.05) is 77.8 Å². The number of carbonyl (C=O) groups excluding carboxylic acids is 2. The fourth-order valence-corrected chi connectivity index (χ4v) is 5.98. The SMILES string of the molecule is O=C(CNCCS(=O)(=O)O)c1ccc(CC(C(=O)Nc2ccc(-c3ccc(Cl)cc3Cl)cc2)c2ccc(SC(F)(F)F)cc2)cc1. The summed E-state index contributed by atoms with van der Waals surface area (Å²) in [7, 11) is -4.15. The van der Waals surface area contributed by atoms with Crippen LogP contribution in [0.2, 0.25) is 10.0 Å². The molecule has 4 aromatic carbocycles. The third-order valence-electron chi connectivity index (χ3n) is 6.77. The summed E-state index contributed by atoms with van der Waals surface area (Å²) in [6.45, 7) is -0.248. The van der Waals surface area contributed by atoms with Crippen LogP contribution in [0.3, 0.4) is 0 Å². The average Bonchev–Trinajstić information content (AvgIpc) is 2.98. The number of benzene rings is 4. The smallest absolute Gasteiger partial charge is 0.326 e. The van der Waals surface area contributed by atoms with Gasteiger partial charge < -0.3 is 10.6 Å². The van der Waals surface area contributed by atoms with E-state index in [0.29, 0.717) is 32.4 Å². The normalized spacial score (nSPS) is 12.5. The number of Topliss-reactive ketones (excluding diaryl/α,β-unsaturated/α-hetero) is 1. The van der Waals surface area contributed by atoms with Crippen molar-refractivity contribution in [3.63, 3.8) is 0 Å². The Balaban J connectivity index is 1.50. The number of hydrogen-bond acceptors (Lipinski definition) is 6. The minimum absolute atomic E-state index is 0.0140. The highest BCUT2D eigenvalue weighted by Crippen LogP contribution is 2.37. The number of ketones is 1. The number of anilines is 1. The van der Waals surface area contributed by atoms with Gasteiger partial charge in [0.1, 0.15) is 0 Å². The number of hydrogen-bond donors (Lipinski definition) is 3. The molecule has 0 spiro atoms. The molecule has 1 atom stereocenters. The number of carbonyl (C=O) groups is 2. The predicted molar refractivity (Wildman–Crippen MR) is 175 cm³/mol. The van der Waals surface area contributed by atoms with Crippen molar-refractivity contribution < 1.29 is 35.7 Å². The molecule has 0 saturated carbocycles. The van der Waals surface area contributed by atoms with E-state index in [2.05, 4.69) is 10.6 Å². The highest BCUT2D eigenvalue weighted by atomic mass is 35.5. The molecular formula is C32H27Cl2F3N2O5S2. The van der Waals surface area contributed by atoms with Crippen LogP contribution in [0.25, 0.3) is 11.1 Å². The lowest BCUT2D eigenvalue weighted by Crippen LogP contribution is -2.28. The van der Waals surface area contributed by atoms with Crippen molar-refractivity contribution in [3.8, 4) is 11.1 Å². The fraction of sp³-hybridized carbons (Fsp3) is 0.188. The van der Waals surface area contributed by atoms with E-state index in [1.54, 1.807) is 66.7 Å². The molecular weight excluding hydrogens is 684 g/mol. The van der Waals surface area contributed by atoms with Crippen LogP contribution in [0.5, 0.6) is 0 Å². The summed E-state index contributed by atoms with van der Waals surface area (Å²) >= 11 is 12.1. The lowest BCUT2D eigenvalue weighted by atomic mass is 9.90. The van der Waals surface area contributed by atoms with Gasteiger partial charge in [0.25, 0.3) is 10.1 Å². The largest absolute Gasteiger partial charge is 0.446 e. The van der Waals surface area contributed by atoms with Gasteiger partial charge in [-0.3, -0.25) is 14.1 Å². The molecule has 0 aliphatic heterocycles. The van der Waals surface area contributed by atoms with Crippen LogP contribution in [0.4, 0.5) is 18.9 Å². The maximum atomic E-state index is 13.6. The maximum Gasteiger partial charge on any atom is 0.446 e. The molecule has 0 aliphatic rings. The van der Waals surface area contributed by atoms with E-state index in [9.17, 15) is 31.2 Å². The first-order valence-electron chi connectivity index (χ1n) is 13.7. The first-order valence-corrected chi connectivity index (χ1v) is 16.8. The second kappa shape index (κ2) is 15.5. The van der Waals surface area contributed by atoms with E-state index >= 15 is 0 Å². The summed E-state index contributed by atoms with van der Waals surface area (Å²) < 4.78 is 69.1. The first-order chi connectivity index (χ1) is 21.7. The van der Waals surface area contributed by atoms with Gasteiger partial charge in [-0.25, -0.2) is 0 Å². The molecule has 0 aliphatic carbocycles. The lowest BCUT2D eigenvalue weighted by Gasteiger charge is -2.19. The summed E-state index contributed by atoms with van der Waals surface area (Å²) in [5, 5.41) is 6.51. The molecule has 0 aromatic heterocycles. The van der Waals surface area contributed by atoms with Crippen molar-refractivity contribution in [2.24, 2.45) is 0 Å². The maximum absolute atomic E-state index is 13.6. The molecule has 0 radical (unpaired) electrons. The number of alkyl halides is 3. The average molecular weight is 712 g/mol. The standard InChI is InChI=1S/C32H27Cl2F3N2O5S2/c33-24-9-14-27(29(34)18-24)21-5-10-25(11-6-21)39-31(41)28(22-7-12-26(13-8-22)45-32(35,36)37)17-20-1-3-23(4-2-20)30(40)19-38-15-16-46(42,43)44/h1-14,18,28,38H,15-17,19H2,(H,39,41)(H,42,43,44). The van der Waals surface area contributed by atoms with Crippen molar-refractivity contribution in [2.75, 3.05) is 24.2 Å². The molecule has 4 rings (SSSR count). The van der Waals surface area contributed by atoms with E-state index in [-0.39, 0.29) is 42.0 Å². The van der Waals surface area contributed by atoms with Gasteiger partial charge >= 0.3 is 5.51 Å². The zero-order valence-electron chi connectivity index (χ0n) is 23.9. The number of thioether (sulfide) groups is 1. The van der Waals surface area contributed by atoms with Crippen LogP contribution >= 0.6 is 35.0 Å². The minimum atomic E-state index is -4.45. The Bertz CT molecular complexity index is 1790. The van der Waals surface area contributed by atoms with Gasteiger partial charge in [0, 0.05) is 38.3 Å². The van der Waals surface area contributed by atoms with Gasteiger partial charge in [0.05, 0.1) is 18.2 Å². The summed E-state index contributed by atoms with van der Waals surface area (Å²) in [5.41, 5.74) is -0.860. The predicted octanol–water partition coefficient (Wildman–Crippen LogP) is 7.90. The topological polar surface area (TPSA) is 113 Å². The molecule has 1 amide bonds. The Kier molecular flexibility index (Phi) is 11.9. The van der Waals surface area contributed by atoms with Crippen LogP contribution in [-0.4, -0.2) is 49.0 Å². The molecule has 7 nitrogen and oxygen atoms in total. The molecule has 242 valence electrons. The summed E-state index contributed by atoms with van der Waals surface area (Å²) in [5.74, 6) is -2.02. The monoisotopic (exact) mass is 710 g/mol. The third-order valence-corrected chi connectivity index (χ3v) is 8.77. The summed E-state index contributed by atoms with van der Waals surface area (Å²) in [4.78, 5) is 26.1. The van der Waals surface area contributed by atoms with Crippen molar-refractivity contribution in [2.45, 2.75) is 22.7 Å². The molecule has 0 heterocycles. The number of nitrogens with one attached hydrogen (secondary N) is 2. The van der Waals surface area contributed by atoms with Crippen LogP contribution in [0.1, 0.15) is 27.4 Å². The van der Waals surface area contributed by atoms with Crippen molar-refractivity contribution in [3.05, 3.63) is 118 Å². The molecule has 0 fully saturated rings. The van der Waals surface area contributed by atoms with Crippen molar-refractivity contribution >= 4 is 62.5 Å². The molecule has 14 heteroatoms. The molecule has 4 aromatic rings. The third kappa shape index (κ3) is 10.9. The summed E-state index contributed by atoms with van der Waals surface area (Å²) in [6.07, 6.45) is 0.178. The van der Waals surface area contributed by atoms with Gasteiger partial charge in [-0.2, -0.15) is 21.6 Å². The van der Waals surface area contributed by atoms with Crippen LogP contribution in [-0.2, 0) is 21.3 Å². The number of halogens is 5. The van der Waals surface area contributed by atoms with Crippen LogP contribution < -0.4 is 10.6 Å². The van der Waals surface area contributed by atoms with E-state index in [1.807, 2.05) is 0 Å². The highest BCUT2D eigenvalue weighted by molar-refractivity contribution is 8.00. The Morgan fingerprint density at radius 2 is 1.54 bits per heavy atom. The Hall–Kier alpha value is -3.39. The van der Waals surface area contributed by atoms with Crippen LogP contribution in [0.15, 0.2) is 95.9 Å². The quantitative estimate of drug-likeness (QED) is 0.0560. The van der Waals surface area contributed by atoms with Gasteiger partial charge in [-0.15, -0.1) is 0 Å². The van der Waals surface area contributed by atoms with Crippen molar-refractivity contribution in [1.82, 2.24) is 5.32 Å². The second-order valence-corrected chi connectivity index (χ2v) is 13.7. The number of amides is 1. The molecule has 0 saturated heterocycles. The zero-order valence-corrected chi connectivity index (χ0v) is 27.0. The Morgan fingerprint density at radius 3 is 2.13 bits per heavy atom. The molecule has 3 N–H and O–H groups in total. The molecule has 1 unspecified atom stereocenters. The zero-order chi connectivity index (χ0) is 33.5. The lowest BCUT2D eigenvalue weighted by molar-refractivity contribution is -0.117. The van der Waals surface area contributed by atoms with Crippen LogP contribution in [0, 0.1) is 0 Å². The molecule has 46 heavy (non-hydrogen) atoms. The van der Waals surface area contributed by atoms with Crippen molar-refractivity contribution in [1.29, 1.82) is 0 Å². The van der Waals surface area contributed by atoms with Gasteiger partial charge in [0.2, 0.25) is 5.91 Å². The van der Waals surface area contributed by atoms with E-state index in [0.717, 1.165) is 11.1 Å². The van der Waals surface area contributed by atoms with E-state index in [1.165, 1.54) is 24.3 Å². The first kappa shape index (κ1) is 35.5. The number of rotatable bonds is 13. The van der Waals surface area contributed by atoms with E-state index < -0.39 is 33.2 Å². The van der Waals surface area contributed by atoms with E-state index in [4.69, 9.17) is 27.8 Å². The Morgan fingerprint density at radius 1 is 0.891 bits per heavy atom. The van der Waals surface area contributed by atoms with Gasteiger partial charge in [0.15, 0.2) is 5.78 Å².